The summed E-state index contributed by atoms with van der Waals surface area (Å²) in [6.45, 7) is 2.57. The first-order valence-corrected chi connectivity index (χ1v) is 8.15. The smallest absolute Gasteiger partial charge is 0.232 e. The fourth-order valence-electron chi connectivity index (χ4n) is 2.72. The first-order valence-electron chi connectivity index (χ1n) is 7.21. The number of carbonyl (C=O) groups is 2. The monoisotopic (exact) mass is 314 g/mol. The second-order valence-electron chi connectivity index (χ2n) is 5.72. The molecule has 1 aliphatic rings. The Kier molecular flexibility index (Phi) is 3.98. The van der Waals surface area contributed by atoms with E-state index in [9.17, 15) is 9.59 Å². The summed E-state index contributed by atoms with van der Waals surface area (Å²) in [6.07, 6.45) is 0.211. The molecule has 1 aromatic carbocycles. The minimum atomic E-state index is -0.381. The van der Waals surface area contributed by atoms with E-state index in [1.54, 1.807) is 23.3 Å². The molecule has 1 unspecified atom stereocenters. The molecule has 0 saturated carbocycles. The number of benzene rings is 1. The first-order chi connectivity index (χ1) is 10.5. The number of aryl methyl sites for hydroxylation is 1. The molecule has 0 fully saturated rings. The number of rotatable bonds is 4. The molecule has 0 spiro atoms. The van der Waals surface area contributed by atoms with Gasteiger partial charge >= 0.3 is 0 Å². The summed E-state index contributed by atoms with van der Waals surface area (Å²) >= 11 is 1.62. The van der Waals surface area contributed by atoms with Crippen LogP contribution < -0.4 is 5.32 Å². The summed E-state index contributed by atoms with van der Waals surface area (Å²) in [5.41, 5.74) is 3.98. The fourth-order valence-corrected chi connectivity index (χ4v) is 3.38. The maximum atomic E-state index is 12.4. The predicted molar refractivity (Wildman–Crippen MR) is 88.0 cm³/mol. The number of nitrogens with one attached hydrogen (secondary N) is 1. The van der Waals surface area contributed by atoms with Crippen LogP contribution in [0.3, 0.4) is 0 Å². The van der Waals surface area contributed by atoms with Crippen molar-refractivity contribution in [3.8, 4) is 0 Å². The Hall–Kier alpha value is -2.14. The van der Waals surface area contributed by atoms with Crippen LogP contribution in [0.4, 0.5) is 5.69 Å². The Balaban J connectivity index is 1.70. The molecule has 2 heterocycles. The number of amides is 2. The molecule has 3 rings (SSSR count). The molecule has 0 bridgehead atoms. The third kappa shape index (κ3) is 2.90. The Morgan fingerprint density at radius 2 is 2.18 bits per heavy atom. The molecule has 1 aromatic heterocycles. The molecule has 0 saturated heterocycles. The second kappa shape index (κ2) is 5.93. The normalized spacial score (nSPS) is 16.3. The van der Waals surface area contributed by atoms with Crippen molar-refractivity contribution in [2.24, 2.45) is 0 Å². The lowest BCUT2D eigenvalue weighted by Gasteiger charge is -2.18. The minimum absolute atomic E-state index is 0.0141. The molecule has 1 atom stereocenters. The van der Waals surface area contributed by atoms with Crippen molar-refractivity contribution in [3.05, 3.63) is 51.7 Å². The number of carbonyl (C=O) groups excluding carboxylic acids is 2. The highest BCUT2D eigenvalue weighted by Crippen LogP contribution is 2.35. The molecule has 2 amide bonds. The minimum Gasteiger partial charge on any atom is -0.341 e. The van der Waals surface area contributed by atoms with Gasteiger partial charge < -0.3 is 10.2 Å². The van der Waals surface area contributed by atoms with Crippen LogP contribution in [0.25, 0.3) is 0 Å². The quantitative estimate of drug-likeness (QED) is 0.942. The van der Waals surface area contributed by atoms with Gasteiger partial charge in [0.1, 0.15) is 0 Å². The lowest BCUT2D eigenvalue weighted by molar-refractivity contribution is -0.132. The highest BCUT2D eigenvalue weighted by atomic mass is 32.1. The zero-order chi connectivity index (χ0) is 15.7. The number of fused-ring (bicyclic) bond motifs is 1. The van der Waals surface area contributed by atoms with Crippen molar-refractivity contribution in [3.63, 3.8) is 0 Å². The number of thiophene rings is 1. The van der Waals surface area contributed by atoms with E-state index in [0.29, 0.717) is 6.54 Å². The average Bonchev–Trinajstić information content (AvgIpc) is 3.07. The summed E-state index contributed by atoms with van der Waals surface area (Å²) in [5, 5.41) is 6.90. The third-order valence-corrected chi connectivity index (χ3v) is 4.69. The molecule has 1 aliphatic heterocycles. The van der Waals surface area contributed by atoms with Crippen LogP contribution in [-0.2, 0) is 16.1 Å². The highest BCUT2D eigenvalue weighted by molar-refractivity contribution is 7.07. The van der Waals surface area contributed by atoms with Crippen molar-refractivity contribution >= 4 is 28.8 Å². The molecule has 22 heavy (non-hydrogen) atoms. The zero-order valence-corrected chi connectivity index (χ0v) is 13.4. The van der Waals surface area contributed by atoms with Crippen molar-refractivity contribution in [2.75, 3.05) is 12.4 Å². The average molecular weight is 314 g/mol. The predicted octanol–water partition coefficient (Wildman–Crippen LogP) is 3.14. The maximum Gasteiger partial charge on any atom is 0.232 e. The van der Waals surface area contributed by atoms with E-state index in [-0.39, 0.29) is 24.2 Å². The van der Waals surface area contributed by atoms with Crippen LogP contribution in [0, 0.1) is 6.92 Å². The van der Waals surface area contributed by atoms with E-state index in [0.717, 1.165) is 22.4 Å². The second-order valence-corrected chi connectivity index (χ2v) is 6.50. The first kappa shape index (κ1) is 14.8. The van der Waals surface area contributed by atoms with Crippen LogP contribution in [0.5, 0.6) is 0 Å². The number of anilines is 1. The summed E-state index contributed by atoms with van der Waals surface area (Å²) in [4.78, 5) is 26.2. The van der Waals surface area contributed by atoms with Crippen molar-refractivity contribution < 1.29 is 9.59 Å². The molecule has 0 aliphatic carbocycles. The van der Waals surface area contributed by atoms with Gasteiger partial charge in [-0.1, -0.05) is 12.1 Å². The highest BCUT2D eigenvalue weighted by Gasteiger charge is 2.32. The largest absolute Gasteiger partial charge is 0.341 e. The number of nitrogens with zero attached hydrogens (tertiary/aromatic N) is 1. The van der Waals surface area contributed by atoms with Crippen molar-refractivity contribution in [2.45, 2.75) is 25.8 Å². The van der Waals surface area contributed by atoms with Gasteiger partial charge in [-0.25, -0.2) is 0 Å². The van der Waals surface area contributed by atoms with Crippen LogP contribution in [0.2, 0.25) is 0 Å². The van der Waals surface area contributed by atoms with Gasteiger partial charge in [0, 0.05) is 25.7 Å². The molecule has 5 heteroatoms. The van der Waals surface area contributed by atoms with Gasteiger partial charge in [0.05, 0.1) is 5.92 Å². The van der Waals surface area contributed by atoms with Crippen LogP contribution in [-0.4, -0.2) is 23.8 Å². The topological polar surface area (TPSA) is 49.4 Å². The standard InChI is InChI=1S/C17H18N2O2S/c1-11-3-4-13-14(17(21)18-15(13)7-11)8-16(20)19(2)9-12-5-6-22-10-12/h3-7,10,14H,8-9H2,1-2H3,(H,18,21). The van der Waals surface area contributed by atoms with Gasteiger partial charge in [0.2, 0.25) is 11.8 Å². The van der Waals surface area contributed by atoms with E-state index in [2.05, 4.69) is 5.32 Å². The van der Waals surface area contributed by atoms with Crippen molar-refractivity contribution in [1.82, 2.24) is 4.90 Å². The summed E-state index contributed by atoms with van der Waals surface area (Å²) in [5.74, 6) is -0.481. The zero-order valence-electron chi connectivity index (χ0n) is 12.6. The molecular formula is C17H18N2O2S. The van der Waals surface area contributed by atoms with Crippen molar-refractivity contribution in [1.29, 1.82) is 0 Å². The molecular weight excluding hydrogens is 296 g/mol. The Morgan fingerprint density at radius 1 is 1.36 bits per heavy atom. The molecule has 1 N–H and O–H groups in total. The van der Waals surface area contributed by atoms with E-state index in [1.807, 2.05) is 41.9 Å². The lowest BCUT2D eigenvalue weighted by atomic mass is 9.96. The lowest BCUT2D eigenvalue weighted by Crippen LogP contribution is -2.29. The van der Waals surface area contributed by atoms with Crippen LogP contribution in [0.15, 0.2) is 35.0 Å². The fraction of sp³-hybridized carbons (Fsp3) is 0.294. The maximum absolute atomic E-state index is 12.4. The Bertz CT molecular complexity index is 709. The summed E-state index contributed by atoms with van der Waals surface area (Å²) in [6, 6.07) is 7.88. The van der Waals surface area contributed by atoms with E-state index in [1.165, 1.54) is 0 Å². The van der Waals surface area contributed by atoms with Crippen LogP contribution >= 0.6 is 11.3 Å². The molecule has 0 radical (unpaired) electrons. The van der Waals surface area contributed by atoms with Gasteiger partial charge in [-0.2, -0.15) is 11.3 Å². The number of hydrogen-bond acceptors (Lipinski definition) is 3. The summed E-state index contributed by atoms with van der Waals surface area (Å²) in [7, 11) is 1.78. The van der Waals surface area contributed by atoms with Crippen LogP contribution in [0.1, 0.15) is 29.0 Å². The Labute approximate surface area is 133 Å². The van der Waals surface area contributed by atoms with Gasteiger partial charge in [-0.3, -0.25) is 9.59 Å². The van der Waals surface area contributed by atoms with E-state index >= 15 is 0 Å². The number of hydrogen-bond donors (Lipinski definition) is 1. The van der Waals surface area contributed by atoms with Gasteiger partial charge in [0.15, 0.2) is 0 Å². The van der Waals surface area contributed by atoms with Gasteiger partial charge in [-0.05, 0) is 46.5 Å². The molecule has 2 aromatic rings. The van der Waals surface area contributed by atoms with Gasteiger partial charge in [0.25, 0.3) is 0 Å². The molecule has 4 nitrogen and oxygen atoms in total. The molecule has 114 valence electrons. The third-order valence-electron chi connectivity index (χ3n) is 3.96. The summed E-state index contributed by atoms with van der Waals surface area (Å²) < 4.78 is 0. The van der Waals surface area contributed by atoms with Gasteiger partial charge in [-0.15, -0.1) is 0 Å². The Morgan fingerprint density at radius 3 is 2.91 bits per heavy atom. The van der Waals surface area contributed by atoms with E-state index in [4.69, 9.17) is 0 Å². The SMILES string of the molecule is Cc1ccc2c(c1)NC(=O)C2CC(=O)N(C)Cc1ccsc1. The van der Waals surface area contributed by atoms with E-state index < -0.39 is 0 Å².